The van der Waals surface area contributed by atoms with Crippen molar-refractivity contribution in [2.45, 2.75) is 25.4 Å². The second-order valence-electron chi connectivity index (χ2n) is 6.76. The molecule has 2 aromatic rings. The summed E-state index contributed by atoms with van der Waals surface area (Å²) in [6.07, 6.45) is 2.57. The summed E-state index contributed by atoms with van der Waals surface area (Å²) in [6.45, 7) is 3.60. The fraction of sp³-hybridized carbons (Fsp3) is 0.381. The fourth-order valence-electron chi connectivity index (χ4n) is 3.09. The summed E-state index contributed by atoms with van der Waals surface area (Å²) >= 11 is 0. The maximum Gasteiger partial charge on any atom is 0.193 e. The van der Waals surface area contributed by atoms with Crippen molar-refractivity contribution in [3.8, 4) is 11.5 Å². The van der Waals surface area contributed by atoms with Crippen LogP contribution >= 0.6 is 0 Å². The van der Waals surface area contributed by atoms with E-state index in [9.17, 15) is 5.11 Å². The molecule has 0 amide bonds. The zero-order valence-corrected chi connectivity index (χ0v) is 15.6. The lowest BCUT2D eigenvalue weighted by Gasteiger charge is -2.29. The number of aliphatic hydroxyl groups excluding tert-OH is 1. The Labute approximate surface area is 160 Å². The van der Waals surface area contributed by atoms with Crippen LogP contribution in [0.25, 0.3) is 0 Å². The number of hydrogen-bond acceptors (Lipinski definition) is 4. The number of rotatable bonds is 7. The molecule has 1 aliphatic heterocycles. The molecule has 0 atom stereocenters. The van der Waals surface area contributed by atoms with Crippen molar-refractivity contribution in [2.24, 2.45) is 10.7 Å². The number of hydrogen-bond donors (Lipinski definition) is 3. The molecule has 6 heteroatoms. The second-order valence-corrected chi connectivity index (χ2v) is 6.76. The Morgan fingerprint density at radius 2 is 1.85 bits per heavy atom. The molecular weight excluding hydrogens is 340 g/mol. The molecule has 1 aliphatic rings. The first-order valence-corrected chi connectivity index (χ1v) is 9.49. The molecule has 1 fully saturated rings. The molecule has 144 valence electrons. The second kappa shape index (κ2) is 9.94. The minimum absolute atomic E-state index is 0.124. The fourth-order valence-corrected chi connectivity index (χ4v) is 3.09. The van der Waals surface area contributed by atoms with Gasteiger partial charge in [0.1, 0.15) is 11.5 Å². The smallest absolute Gasteiger partial charge is 0.193 e. The van der Waals surface area contributed by atoms with Gasteiger partial charge in [-0.15, -0.1) is 0 Å². The highest BCUT2D eigenvalue weighted by Gasteiger charge is 2.15. The number of para-hydroxylation sites is 1. The van der Waals surface area contributed by atoms with E-state index in [4.69, 9.17) is 10.5 Å². The third-order valence-electron chi connectivity index (χ3n) is 4.56. The number of nitrogens with one attached hydrogen (secondary N) is 1. The summed E-state index contributed by atoms with van der Waals surface area (Å²) in [4.78, 5) is 6.77. The Balaban J connectivity index is 1.43. The predicted molar refractivity (Wildman–Crippen MR) is 109 cm³/mol. The first-order valence-electron chi connectivity index (χ1n) is 9.49. The van der Waals surface area contributed by atoms with E-state index in [0.29, 0.717) is 12.5 Å². The van der Waals surface area contributed by atoms with Crippen molar-refractivity contribution < 1.29 is 9.84 Å². The van der Waals surface area contributed by atoms with Gasteiger partial charge in [-0.25, -0.2) is 0 Å². The van der Waals surface area contributed by atoms with E-state index in [2.05, 4.69) is 15.2 Å². The van der Waals surface area contributed by atoms with Crippen LogP contribution in [0.1, 0.15) is 19.3 Å². The SMILES string of the molecule is NC(=NCCCN1CCC(O)CC1)Nc1cccc(Oc2ccccc2)c1. The molecule has 0 spiro atoms. The van der Waals surface area contributed by atoms with Crippen molar-refractivity contribution >= 4 is 11.6 Å². The van der Waals surface area contributed by atoms with Crippen LogP contribution in [-0.4, -0.2) is 48.2 Å². The topological polar surface area (TPSA) is 83.1 Å². The largest absolute Gasteiger partial charge is 0.457 e. The van der Waals surface area contributed by atoms with Gasteiger partial charge in [0, 0.05) is 31.4 Å². The lowest BCUT2D eigenvalue weighted by atomic mass is 10.1. The average molecular weight is 368 g/mol. The lowest BCUT2D eigenvalue weighted by Crippen LogP contribution is -2.36. The Bertz CT molecular complexity index is 728. The third-order valence-corrected chi connectivity index (χ3v) is 4.56. The van der Waals surface area contributed by atoms with Gasteiger partial charge in [-0.2, -0.15) is 0 Å². The van der Waals surface area contributed by atoms with Gasteiger partial charge in [-0.05, 0) is 50.1 Å². The molecule has 0 radical (unpaired) electrons. The molecule has 3 rings (SSSR count). The number of nitrogens with zero attached hydrogens (tertiary/aromatic N) is 2. The zero-order valence-electron chi connectivity index (χ0n) is 15.6. The molecule has 27 heavy (non-hydrogen) atoms. The first-order chi connectivity index (χ1) is 13.2. The normalized spacial score (nSPS) is 16.3. The highest BCUT2D eigenvalue weighted by molar-refractivity contribution is 5.92. The molecule has 6 nitrogen and oxygen atoms in total. The number of aliphatic hydroxyl groups is 1. The van der Waals surface area contributed by atoms with Crippen LogP contribution in [0.15, 0.2) is 59.6 Å². The van der Waals surface area contributed by atoms with Crippen molar-refractivity contribution in [1.29, 1.82) is 0 Å². The van der Waals surface area contributed by atoms with Crippen LogP contribution in [0.4, 0.5) is 5.69 Å². The summed E-state index contributed by atoms with van der Waals surface area (Å²) in [5.74, 6) is 1.94. The van der Waals surface area contributed by atoms with Crippen molar-refractivity contribution in [1.82, 2.24) is 4.90 Å². The zero-order chi connectivity index (χ0) is 18.9. The Kier molecular flexibility index (Phi) is 7.07. The molecule has 1 saturated heterocycles. The van der Waals surface area contributed by atoms with E-state index in [1.807, 2.05) is 54.6 Å². The van der Waals surface area contributed by atoms with E-state index < -0.39 is 0 Å². The number of ether oxygens (including phenoxy) is 1. The Morgan fingerprint density at radius 3 is 2.63 bits per heavy atom. The summed E-state index contributed by atoms with van der Waals surface area (Å²) in [7, 11) is 0. The Morgan fingerprint density at radius 1 is 1.11 bits per heavy atom. The number of aliphatic imine (C=N–C) groups is 1. The molecule has 4 N–H and O–H groups in total. The lowest BCUT2D eigenvalue weighted by molar-refractivity contribution is 0.0824. The molecule has 0 bridgehead atoms. The van der Waals surface area contributed by atoms with Crippen LogP contribution in [0.5, 0.6) is 11.5 Å². The van der Waals surface area contributed by atoms with E-state index in [0.717, 1.165) is 56.1 Å². The van der Waals surface area contributed by atoms with Gasteiger partial charge < -0.3 is 25.8 Å². The molecule has 0 saturated carbocycles. The van der Waals surface area contributed by atoms with Gasteiger partial charge in [0.25, 0.3) is 0 Å². The number of anilines is 1. The van der Waals surface area contributed by atoms with Gasteiger partial charge in [0.2, 0.25) is 0 Å². The number of guanidine groups is 1. The van der Waals surface area contributed by atoms with Gasteiger partial charge in [-0.3, -0.25) is 4.99 Å². The summed E-state index contributed by atoms with van der Waals surface area (Å²) in [5, 5.41) is 12.6. The van der Waals surface area contributed by atoms with Crippen LogP contribution in [-0.2, 0) is 0 Å². The highest BCUT2D eigenvalue weighted by Crippen LogP contribution is 2.23. The quantitative estimate of drug-likeness (QED) is 0.397. The molecular formula is C21H28N4O2. The van der Waals surface area contributed by atoms with Gasteiger partial charge >= 0.3 is 0 Å². The maximum absolute atomic E-state index is 9.53. The van der Waals surface area contributed by atoms with Crippen molar-refractivity contribution in [3.05, 3.63) is 54.6 Å². The molecule has 0 aromatic heterocycles. The average Bonchev–Trinajstić information content (AvgIpc) is 2.68. The van der Waals surface area contributed by atoms with Gasteiger partial charge in [0.05, 0.1) is 6.10 Å². The molecule has 2 aromatic carbocycles. The summed E-state index contributed by atoms with van der Waals surface area (Å²) in [6, 6.07) is 17.3. The minimum Gasteiger partial charge on any atom is -0.457 e. The van der Waals surface area contributed by atoms with Gasteiger partial charge in [-0.1, -0.05) is 24.3 Å². The summed E-state index contributed by atoms with van der Waals surface area (Å²) < 4.78 is 5.83. The number of likely N-dealkylation sites (tertiary alicyclic amines) is 1. The van der Waals surface area contributed by atoms with Crippen molar-refractivity contribution in [3.63, 3.8) is 0 Å². The van der Waals surface area contributed by atoms with Crippen LogP contribution in [0, 0.1) is 0 Å². The monoisotopic (exact) mass is 368 g/mol. The Hall–Kier alpha value is -2.57. The number of nitrogens with two attached hydrogens (primary N) is 1. The maximum atomic E-state index is 9.53. The third kappa shape index (κ3) is 6.58. The van der Waals surface area contributed by atoms with Crippen LogP contribution in [0.3, 0.4) is 0 Å². The molecule has 0 unspecified atom stereocenters. The van der Waals surface area contributed by atoms with Crippen molar-refractivity contribution in [2.75, 3.05) is 31.5 Å². The standard InChI is InChI=1S/C21H28N4O2/c22-21(23-12-5-13-25-14-10-18(26)11-15-25)24-17-6-4-9-20(16-17)27-19-7-2-1-3-8-19/h1-4,6-9,16,18,26H,5,10-15H2,(H3,22,23,24). The van der Waals surface area contributed by atoms with Gasteiger partial charge in [0.15, 0.2) is 5.96 Å². The minimum atomic E-state index is -0.124. The number of piperidine rings is 1. The molecule has 1 heterocycles. The first kappa shape index (κ1) is 19.2. The van der Waals surface area contributed by atoms with E-state index in [-0.39, 0.29) is 6.10 Å². The van der Waals surface area contributed by atoms with Crippen LogP contribution < -0.4 is 15.8 Å². The van der Waals surface area contributed by atoms with E-state index in [1.165, 1.54) is 0 Å². The predicted octanol–water partition coefficient (Wildman–Crippen LogP) is 3.05. The molecule has 0 aliphatic carbocycles. The summed E-state index contributed by atoms with van der Waals surface area (Å²) in [5.41, 5.74) is 6.84. The highest BCUT2D eigenvalue weighted by atomic mass is 16.5. The van der Waals surface area contributed by atoms with E-state index in [1.54, 1.807) is 0 Å². The van der Waals surface area contributed by atoms with E-state index >= 15 is 0 Å². The van der Waals surface area contributed by atoms with Crippen LogP contribution in [0.2, 0.25) is 0 Å². The number of benzene rings is 2.